The Bertz CT molecular complexity index is 222. The van der Waals surface area contributed by atoms with E-state index >= 15 is 0 Å². The van der Waals surface area contributed by atoms with Crippen molar-refractivity contribution in [1.82, 2.24) is 5.32 Å². The van der Waals surface area contributed by atoms with Gasteiger partial charge in [0.25, 0.3) is 0 Å². The number of carboxylic acid groups (broad SMARTS) is 1. The Morgan fingerprint density at radius 2 is 1.73 bits per heavy atom. The van der Waals surface area contributed by atoms with Crippen LogP contribution in [0.1, 0.15) is 44.9 Å². The number of nitrogens with one attached hydrogen (secondary N) is 1. The summed E-state index contributed by atoms with van der Waals surface area (Å²) in [7, 11) is 0. The highest BCUT2D eigenvalue weighted by Crippen LogP contribution is 2.33. The Labute approximate surface area is 91.2 Å². The molecular weight excluding hydrogens is 190 g/mol. The van der Waals surface area contributed by atoms with Gasteiger partial charge in [-0.25, -0.2) is 0 Å². The summed E-state index contributed by atoms with van der Waals surface area (Å²) in [6, 6.07) is -0.279. The first-order chi connectivity index (χ1) is 7.27. The highest BCUT2D eigenvalue weighted by molar-refractivity contribution is 5.73. The average molecular weight is 211 g/mol. The smallest absolute Gasteiger partial charge is 0.320 e. The van der Waals surface area contributed by atoms with E-state index in [-0.39, 0.29) is 6.04 Å². The largest absolute Gasteiger partial charge is 0.480 e. The molecule has 3 heteroatoms. The minimum absolute atomic E-state index is 0.279. The topological polar surface area (TPSA) is 49.3 Å². The van der Waals surface area contributed by atoms with Crippen LogP contribution in [0.2, 0.25) is 0 Å². The molecule has 0 spiro atoms. The van der Waals surface area contributed by atoms with E-state index in [4.69, 9.17) is 5.11 Å². The van der Waals surface area contributed by atoms with Gasteiger partial charge in [0.15, 0.2) is 0 Å². The van der Waals surface area contributed by atoms with Crippen LogP contribution >= 0.6 is 0 Å². The summed E-state index contributed by atoms with van der Waals surface area (Å²) in [4.78, 5) is 10.8. The zero-order valence-electron chi connectivity index (χ0n) is 9.24. The van der Waals surface area contributed by atoms with Crippen molar-refractivity contribution in [1.29, 1.82) is 0 Å². The van der Waals surface area contributed by atoms with Gasteiger partial charge in [0.1, 0.15) is 6.04 Å². The molecule has 0 aromatic carbocycles. The van der Waals surface area contributed by atoms with Crippen molar-refractivity contribution in [2.75, 3.05) is 6.54 Å². The molecule has 3 nitrogen and oxygen atoms in total. The summed E-state index contributed by atoms with van der Waals surface area (Å²) in [5.74, 6) is 0.722. The number of aliphatic carboxylic acids is 1. The predicted molar refractivity (Wildman–Crippen MR) is 58.7 cm³/mol. The quantitative estimate of drug-likeness (QED) is 0.687. The molecule has 0 amide bonds. The van der Waals surface area contributed by atoms with Crippen molar-refractivity contribution in [3.05, 3.63) is 0 Å². The molecule has 15 heavy (non-hydrogen) atoms. The lowest BCUT2D eigenvalue weighted by Crippen LogP contribution is -2.29. The van der Waals surface area contributed by atoms with Crippen molar-refractivity contribution in [3.63, 3.8) is 0 Å². The van der Waals surface area contributed by atoms with Gasteiger partial charge in [-0.05, 0) is 24.8 Å². The van der Waals surface area contributed by atoms with Crippen LogP contribution in [-0.4, -0.2) is 23.7 Å². The Morgan fingerprint density at radius 3 is 2.27 bits per heavy atom. The predicted octanol–water partition coefficient (Wildman–Crippen LogP) is 2.02. The Morgan fingerprint density at radius 1 is 1.07 bits per heavy atom. The third kappa shape index (κ3) is 2.71. The third-order valence-corrected chi connectivity index (χ3v) is 4.03. The molecule has 2 fully saturated rings. The molecule has 2 N–H and O–H groups in total. The second kappa shape index (κ2) is 4.97. The van der Waals surface area contributed by atoms with Gasteiger partial charge >= 0.3 is 5.97 Å². The van der Waals surface area contributed by atoms with Crippen molar-refractivity contribution < 1.29 is 9.90 Å². The summed E-state index contributed by atoms with van der Waals surface area (Å²) >= 11 is 0. The summed E-state index contributed by atoms with van der Waals surface area (Å²) in [6.45, 7) is 0.918. The van der Waals surface area contributed by atoms with Gasteiger partial charge in [-0.3, -0.25) is 4.79 Å². The molecule has 86 valence electrons. The summed E-state index contributed by atoms with van der Waals surface area (Å²) in [5, 5.41) is 12.0. The zero-order valence-corrected chi connectivity index (χ0v) is 9.24. The van der Waals surface area contributed by atoms with E-state index < -0.39 is 5.97 Å². The molecule has 2 aliphatic rings. The number of carboxylic acids is 1. The Balaban J connectivity index is 1.86. The normalized spacial score (nSPS) is 33.9. The molecule has 0 aromatic rings. The zero-order chi connectivity index (χ0) is 10.7. The maximum atomic E-state index is 10.8. The Hall–Kier alpha value is -0.570. The van der Waals surface area contributed by atoms with Gasteiger partial charge in [0, 0.05) is 0 Å². The van der Waals surface area contributed by atoms with E-state index in [1.165, 1.54) is 38.5 Å². The van der Waals surface area contributed by atoms with Crippen molar-refractivity contribution in [2.45, 2.75) is 51.0 Å². The molecule has 1 aliphatic heterocycles. The fourth-order valence-electron chi connectivity index (χ4n) is 3.09. The fourth-order valence-corrected chi connectivity index (χ4v) is 3.09. The number of carbonyl (C=O) groups is 1. The monoisotopic (exact) mass is 211 g/mol. The second-order valence-corrected chi connectivity index (χ2v) is 5.05. The molecule has 1 saturated carbocycles. The van der Waals surface area contributed by atoms with Crippen LogP contribution in [0, 0.1) is 11.8 Å². The molecule has 0 radical (unpaired) electrons. The molecule has 0 aromatic heterocycles. The van der Waals surface area contributed by atoms with Crippen LogP contribution in [-0.2, 0) is 4.79 Å². The maximum Gasteiger partial charge on any atom is 0.320 e. The highest BCUT2D eigenvalue weighted by atomic mass is 16.4. The number of hydrogen-bond donors (Lipinski definition) is 2. The molecule has 0 bridgehead atoms. The van der Waals surface area contributed by atoms with Crippen molar-refractivity contribution in [2.24, 2.45) is 11.8 Å². The SMILES string of the molecule is O=C(O)C1CC(C2CCCCCC2)CN1. The number of hydrogen-bond acceptors (Lipinski definition) is 2. The second-order valence-electron chi connectivity index (χ2n) is 5.05. The van der Waals surface area contributed by atoms with E-state index in [1.54, 1.807) is 0 Å². The lowest BCUT2D eigenvalue weighted by Gasteiger charge is -2.20. The molecule has 1 aliphatic carbocycles. The molecule has 2 rings (SSSR count). The van der Waals surface area contributed by atoms with Crippen molar-refractivity contribution >= 4 is 5.97 Å². The first-order valence-corrected chi connectivity index (χ1v) is 6.23. The van der Waals surface area contributed by atoms with Gasteiger partial charge in [-0.2, -0.15) is 0 Å². The van der Waals surface area contributed by atoms with E-state index in [0.29, 0.717) is 5.92 Å². The van der Waals surface area contributed by atoms with E-state index in [1.807, 2.05) is 0 Å². The summed E-state index contributed by atoms with van der Waals surface area (Å²) in [5.41, 5.74) is 0. The third-order valence-electron chi connectivity index (χ3n) is 4.03. The van der Waals surface area contributed by atoms with E-state index in [0.717, 1.165) is 18.9 Å². The van der Waals surface area contributed by atoms with Crippen LogP contribution in [0.25, 0.3) is 0 Å². The lowest BCUT2D eigenvalue weighted by molar-refractivity contribution is -0.139. The van der Waals surface area contributed by atoms with E-state index in [9.17, 15) is 4.79 Å². The lowest BCUT2D eigenvalue weighted by atomic mass is 9.84. The summed E-state index contributed by atoms with van der Waals surface area (Å²) in [6.07, 6.45) is 8.92. The highest BCUT2D eigenvalue weighted by Gasteiger charge is 2.33. The molecule has 1 heterocycles. The van der Waals surface area contributed by atoms with Crippen LogP contribution in [0.4, 0.5) is 0 Å². The van der Waals surface area contributed by atoms with Crippen LogP contribution in [0.15, 0.2) is 0 Å². The van der Waals surface area contributed by atoms with Gasteiger partial charge in [-0.1, -0.05) is 38.5 Å². The van der Waals surface area contributed by atoms with Gasteiger partial charge in [0.2, 0.25) is 0 Å². The fraction of sp³-hybridized carbons (Fsp3) is 0.917. The minimum Gasteiger partial charge on any atom is -0.480 e. The van der Waals surface area contributed by atoms with Gasteiger partial charge < -0.3 is 10.4 Å². The first kappa shape index (κ1) is 10.9. The molecule has 1 saturated heterocycles. The minimum atomic E-state index is -0.675. The molecular formula is C12H21NO2. The van der Waals surface area contributed by atoms with Crippen LogP contribution < -0.4 is 5.32 Å². The maximum absolute atomic E-state index is 10.8. The standard InChI is InChI=1S/C12H21NO2/c14-12(15)11-7-10(8-13-11)9-5-3-1-2-4-6-9/h9-11,13H,1-8H2,(H,14,15). The Kier molecular flexibility index (Phi) is 3.62. The average Bonchev–Trinajstić information content (AvgIpc) is 2.55. The molecule has 2 atom stereocenters. The van der Waals surface area contributed by atoms with Crippen molar-refractivity contribution in [3.8, 4) is 0 Å². The first-order valence-electron chi connectivity index (χ1n) is 6.23. The number of rotatable bonds is 2. The molecule has 2 unspecified atom stereocenters. The van der Waals surface area contributed by atoms with E-state index in [2.05, 4.69) is 5.32 Å². The van der Waals surface area contributed by atoms with Gasteiger partial charge in [-0.15, -0.1) is 0 Å². The summed E-state index contributed by atoms with van der Waals surface area (Å²) < 4.78 is 0. The van der Waals surface area contributed by atoms with Gasteiger partial charge in [0.05, 0.1) is 0 Å². The van der Waals surface area contributed by atoms with Crippen LogP contribution in [0.5, 0.6) is 0 Å². The van der Waals surface area contributed by atoms with Crippen LogP contribution in [0.3, 0.4) is 0 Å².